The lowest BCUT2D eigenvalue weighted by atomic mass is 10.3. The fourth-order valence-electron chi connectivity index (χ4n) is 3.90. The Morgan fingerprint density at radius 3 is 1.12 bits per heavy atom. The Balaban J connectivity index is 2.14. The van der Waals surface area contributed by atoms with Crippen molar-refractivity contribution in [3.63, 3.8) is 0 Å². The van der Waals surface area contributed by atoms with Crippen LogP contribution in [-0.2, 0) is 8.98 Å². The summed E-state index contributed by atoms with van der Waals surface area (Å²) in [5.41, 5.74) is 0. The molecule has 0 saturated carbocycles. The van der Waals surface area contributed by atoms with Crippen molar-refractivity contribution >= 4 is 16.3 Å². The number of unbranched alkanes of at least 4 members (excludes halogenated alkanes) is 3. The molecule has 0 atom stereocenters. The summed E-state index contributed by atoms with van der Waals surface area (Å²) in [5, 5.41) is 0. The number of halogens is 3. The first-order valence-electron chi connectivity index (χ1n) is 14.1. The second-order valence-corrected chi connectivity index (χ2v) is 12.1. The highest BCUT2D eigenvalue weighted by Crippen LogP contribution is 2.70. The number of carbonyl (C=O) groups excluding carboxylic acids is 1. The van der Waals surface area contributed by atoms with Gasteiger partial charge in [-0.15, -0.1) is 0 Å². The third-order valence-corrected chi connectivity index (χ3v) is 9.41. The number of carbonyl (C=O) groups is 1. The van der Waals surface area contributed by atoms with Gasteiger partial charge in [0.2, 0.25) is 0 Å². The van der Waals surface area contributed by atoms with E-state index in [1.807, 2.05) is 0 Å². The number of alkyl halides is 3. The highest BCUT2D eigenvalue weighted by molar-refractivity contribution is 8.30. The minimum Gasteiger partial charge on any atom is -0.494 e. The molecule has 0 saturated heterocycles. The van der Waals surface area contributed by atoms with Gasteiger partial charge in [-0.3, -0.25) is 0 Å². The zero-order valence-corrected chi connectivity index (χ0v) is 24.7. The molecule has 3 aromatic rings. The van der Waals surface area contributed by atoms with E-state index in [0.717, 1.165) is 38.5 Å². The smallest absolute Gasteiger partial charge is 0.491 e. The summed E-state index contributed by atoms with van der Waals surface area (Å²) < 4.78 is 64.0. The molecule has 0 spiro atoms. The monoisotopic (exact) mass is 592 g/mol. The normalized spacial score (nSPS) is 12.0. The first-order chi connectivity index (χ1) is 19.7. The van der Waals surface area contributed by atoms with E-state index in [4.69, 9.17) is 18.4 Å². The third kappa shape index (κ3) is 8.83. The Bertz CT molecular complexity index is 1070. The SMILES string of the molecule is CCCCOc1ccc(S(OC(=O)C(F)(F)F)(c2ccc(OCCCC)cc2)c2ccc(OCCCC)cc2)cc1. The van der Waals surface area contributed by atoms with Gasteiger partial charge in [-0.25, -0.2) is 4.79 Å². The van der Waals surface area contributed by atoms with Crippen molar-refractivity contribution in [1.82, 2.24) is 0 Å². The molecular weight excluding hydrogens is 553 g/mol. The van der Waals surface area contributed by atoms with Gasteiger partial charge in [-0.2, -0.15) is 13.2 Å². The van der Waals surface area contributed by atoms with Crippen molar-refractivity contribution in [3.05, 3.63) is 72.8 Å². The van der Waals surface area contributed by atoms with Crippen LogP contribution in [0.25, 0.3) is 0 Å². The minimum absolute atomic E-state index is 0.414. The second kappa shape index (κ2) is 15.6. The van der Waals surface area contributed by atoms with Crippen molar-refractivity contribution in [3.8, 4) is 17.2 Å². The van der Waals surface area contributed by atoms with Gasteiger partial charge < -0.3 is 18.4 Å². The van der Waals surface area contributed by atoms with Gasteiger partial charge in [-0.05, 0) is 102 Å². The third-order valence-electron chi connectivity index (χ3n) is 6.20. The molecule has 0 aromatic heterocycles. The van der Waals surface area contributed by atoms with Crippen molar-refractivity contribution in [2.45, 2.75) is 80.2 Å². The lowest BCUT2D eigenvalue weighted by Gasteiger charge is -2.40. The van der Waals surface area contributed by atoms with E-state index in [2.05, 4.69) is 20.8 Å². The summed E-state index contributed by atoms with van der Waals surface area (Å²) in [7, 11) is -3.18. The van der Waals surface area contributed by atoms with Gasteiger partial charge in [-0.1, -0.05) is 40.0 Å². The molecule has 0 aliphatic heterocycles. The molecule has 0 aliphatic rings. The molecule has 0 aliphatic carbocycles. The summed E-state index contributed by atoms with van der Waals surface area (Å²) in [5.74, 6) is -0.520. The maximum Gasteiger partial charge on any atom is 0.491 e. The van der Waals surface area contributed by atoms with Gasteiger partial charge in [0.05, 0.1) is 19.8 Å². The number of benzene rings is 3. The van der Waals surface area contributed by atoms with Crippen LogP contribution in [0.15, 0.2) is 87.5 Å². The van der Waals surface area contributed by atoms with E-state index in [1.54, 1.807) is 72.8 Å². The Hall–Kier alpha value is -3.33. The number of hydrogen-bond donors (Lipinski definition) is 0. The van der Waals surface area contributed by atoms with Gasteiger partial charge >= 0.3 is 12.1 Å². The van der Waals surface area contributed by atoms with Crippen LogP contribution in [-0.4, -0.2) is 32.0 Å². The quantitative estimate of drug-likeness (QED) is 0.155. The van der Waals surface area contributed by atoms with Crippen LogP contribution < -0.4 is 14.2 Å². The van der Waals surface area contributed by atoms with Crippen LogP contribution in [0.3, 0.4) is 0 Å². The van der Waals surface area contributed by atoms with Gasteiger partial charge in [0.15, 0.2) is 0 Å². The van der Waals surface area contributed by atoms with Crippen LogP contribution >= 0.6 is 10.3 Å². The standard InChI is InChI=1S/C32H39F3O5S/c1-4-7-22-37-25-10-16-28(17-11-25)41(40-31(36)32(33,34)35,29-18-12-26(13-19-29)38-23-8-5-2)30-20-14-27(15-21-30)39-24-9-6-3/h10-21H,4-9,22-24H2,1-3H3. The minimum atomic E-state index is -5.19. The molecule has 9 heteroatoms. The topological polar surface area (TPSA) is 54.0 Å². The molecule has 3 aromatic carbocycles. The molecule has 0 bridgehead atoms. The molecule has 0 N–H and O–H groups in total. The first-order valence-corrected chi connectivity index (χ1v) is 15.6. The average Bonchev–Trinajstić information content (AvgIpc) is 2.97. The lowest BCUT2D eigenvalue weighted by molar-refractivity contribution is -0.188. The van der Waals surface area contributed by atoms with Crippen LogP contribution in [0, 0.1) is 0 Å². The summed E-state index contributed by atoms with van der Waals surface area (Å²) >= 11 is 0. The molecule has 0 heterocycles. The summed E-state index contributed by atoms with van der Waals surface area (Å²) in [4.78, 5) is 13.8. The highest BCUT2D eigenvalue weighted by Gasteiger charge is 2.47. The molecule has 0 radical (unpaired) electrons. The van der Waals surface area contributed by atoms with Gasteiger partial charge in [0.25, 0.3) is 0 Å². The Morgan fingerprint density at radius 2 is 0.878 bits per heavy atom. The fourth-order valence-corrected chi connectivity index (χ4v) is 6.88. The van der Waals surface area contributed by atoms with Crippen LogP contribution in [0.4, 0.5) is 13.2 Å². The van der Waals surface area contributed by atoms with Gasteiger partial charge in [0, 0.05) is 14.7 Å². The lowest BCUT2D eigenvalue weighted by Crippen LogP contribution is -2.27. The Labute approximate surface area is 242 Å². The Morgan fingerprint density at radius 1 is 0.585 bits per heavy atom. The summed E-state index contributed by atoms with van der Waals surface area (Å²) in [6.45, 7) is 7.74. The predicted octanol–water partition coefficient (Wildman–Crippen LogP) is 9.53. The zero-order chi connectivity index (χ0) is 29.7. The molecule has 0 amide bonds. The summed E-state index contributed by atoms with van der Waals surface area (Å²) in [6.07, 6.45) is 0.339. The van der Waals surface area contributed by atoms with Crippen LogP contribution in [0.1, 0.15) is 59.3 Å². The van der Waals surface area contributed by atoms with Crippen LogP contribution in [0.2, 0.25) is 0 Å². The highest BCUT2D eigenvalue weighted by atomic mass is 32.3. The van der Waals surface area contributed by atoms with Crippen molar-refractivity contribution in [1.29, 1.82) is 0 Å². The van der Waals surface area contributed by atoms with E-state index in [9.17, 15) is 18.0 Å². The zero-order valence-electron chi connectivity index (χ0n) is 23.9. The molecule has 224 valence electrons. The maximum absolute atomic E-state index is 13.7. The fraction of sp³-hybridized carbons (Fsp3) is 0.406. The molecule has 0 unspecified atom stereocenters. The molecular formula is C32H39F3O5S. The van der Waals surface area contributed by atoms with Crippen molar-refractivity contribution in [2.75, 3.05) is 19.8 Å². The molecule has 0 fully saturated rings. The van der Waals surface area contributed by atoms with Crippen molar-refractivity contribution in [2.24, 2.45) is 0 Å². The van der Waals surface area contributed by atoms with Gasteiger partial charge in [0.1, 0.15) is 17.2 Å². The van der Waals surface area contributed by atoms with E-state index in [1.165, 1.54) is 0 Å². The average molecular weight is 593 g/mol. The first kappa shape index (κ1) is 32.2. The second-order valence-electron chi connectivity index (χ2n) is 9.44. The number of rotatable bonds is 16. The van der Waals surface area contributed by atoms with E-state index in [0.29, 0.717) is 51.8 Å². The number of hydrogen-bond acceptors (Lipinski definition) is 5. The predicted molar refractivity (Wildman–Crippen MR) is 155 cm³/mol. The number of ether oxygens (including phenoxy) is 3. The van der Waals surface area contributed by atoms with Crippen LogP contribution in [0.5, 0.6) is 17.2 Å². The Kier molecular flexibility index (Phi) is 12.3. The van der Waals surface area contributed by atoms with Crippen molar-refractivity contribution < 1.29 is 36.4 Å². The molecule has 5 nitrogen and oxygen atoms in total. The molecule has 3 rings (SSSR count). The van der Waals surface area contributed by atoms with E-state index >= 15 is 0 Å². The van der Waals surface area contributed by atoms with E-state index < -0.39 is 22.5 Å². The summed E-state index contributed by atoms with van der Waals surface area (Å²) in [6, 6.07) is 20.1. The molecule has 41 heavy (non-hydrogen) atoms. The van der Waals surface area contributed by atoms with E-state index in [-0.39, 0.29) is 0 Å². The maximum atomic E-state index is 13.7. The largest absolute Gasteiger partial charge is 0.494 e.